The normalized spacial score (nSPS) is 10.5. The SMILES string of the molecule is COc1ccc(-c2cccc3cc(OC)ccc23)cc1. The van der Waals surface area contributed by atoms with Crippen LogP contribution < -0.4 is 9.47 Å². The zero-order valence-electron chi connectivity index (χ0n) is 11.6. The van der Waals surface area contributed by atoms with Crippen LogP contribution in [0.4, 0.5) is 0 Å². The molecule has 0 spiro atoms. The fourth-order valence-corrected chi connectivity index (χ4v) is 2.41. The molecule has 0 unspecified atom stereocenters. The van der Waals surface area contributed by atoms with Gasteiger partial charge in [0.1, 0.15) is 11.5 Å². The standard InChI is InChI=1S/C18H16O2/c1-19-15-8-6-13(7-9-15)17-5-3-4-14-12-16(20-2)10-11-18(14)17/h3-12H,1-2H3. The van der Waals surface area contributed by atoms with Gasteiger partial charge in [0.2, 0.25) is 0 Å². The monoisotopic (exact) mass is 264 g/mol. The lowest BCUT2D eigenvalue weighted by Gasteiger charge is -2.09. The Hall–Kier alpha value is -2.48. The van der Waals surface area contributed by atoms with E-state index in [2.05, 4.69) is 42.5 Å². The molecule has 0 aliphatic carbocycles. The lowest BCUT2D eigenvalue weighted by molar-refractivity contribution is 0.415. The molecule has 0 saturated carbocycles. The Balaban J connectivity index is 2.14. The Kier molecular flexibility index (Phi) is 3.30. The molecular weight excluding hydrogens is 248 g/mol. The average Bonchev–Trinajstić information content (AvgIpc) is 2.54. The highest BCUT2D eigenvalue weighted by atomic mass is 16.5. The molecular formula is C18H16O2. The maximum atomic E-state index is 5.28. The summed E-state index contributed by atoms with van der Waals surface area (Å²) in [6.07, 6.45) is 0. The fraction of sp³-hybridized carbons (Fsp3) is 0.111. The summed E-state index contributed by atoms with van der Waals surface area (Å²) in [5.74, 6) is 1.75. The average molecular weight is 264 g/mol. The zero-order chi connectivity index (χ0) is 13.9. The van der Waals surface area contributed by atoms with Crippen molar-refractivity contribution >= 4 is 10.8 Å². The molecule has 0 radical (unpaired) electrons. The Labute approximate surface area is 118 Å². The molecule has 0 bridgehead atoms. The summed E-state index contributed by atoms with van der Waals surface area (Å²) < 4.78 is 10.5. The summed E-state index contributed by atoms with van der Waals surface area (Å²) >= 11 is 0. The van der Waals surface area contributed by atoms with Crippen LogP contribution in [-0.2, 0) is 0 Å². The summed E-state index contributed by atoms with van der Waals surface area (Å²) in [4.78, 5) is 0. The van der Waals surface area contributed by atoms with E-state index >= 15 is 0 Å². The predicted octanol–water partition coefficient (Wildman–Crippen LogP) is 4.52. The summed E-state index contributed by atoms with van der Waals surface area (Å²) in [6, 6.07) is 20.6. The van der Waals surface area contributed by atoms with Crippen LogP contribution in [0.25, 0.3) is 21.9 Å². The molecule has 20 heavy (non-hydrogen) atoms. The van der Waals surface area contributed by atoms with Crippen LogP contribution in [0.3, 0.4) is 0 Å². The molecule has 100 valence electrons. The Morgan fingerprint density at radius 1 is 0.700 bits per heavy atom. The van der Waals surface area contributed by atoms with Crippen molar-refractivity contribution in [3.63, 3.8) is 0 Å². The Morgan fingerprint density at radius 2 is 1.40 bits per heavy atom. The third kappa shape index (κ3) is 2.21. The van der Waals surface area contributed by atoms with Crippen molar-refractivity contribution in [2.24, 2.45) is 0 Å². The molecule has 2 heteroatoms. The van der Waals surface area contributed by atoms with Crippen LogP contribution in [0.5, 0.6) is 11.5 Å². The van der Waals surface area contributed by atoms with Crippen LogP contribution in [0.2, 0.25) is 0 Å². The summed E-state index contributed by atoms with van der Waals surface area (Å²) in [5.41, 5.74) is 2.40. The largest absolute Gasteiger partial charge is 0.497 e. The lowest BCUT2D eigenvalue weighted by Crippen LogP contribution is -1.86. The molecule has 0 aromatic heterocycles. The molecule has 3 rings (SSSR count). The van der Waals surface area contributed by atoms with Crippen molar-refractivity contribution in [1.82, 2.24) is 0 Å². The highest BCUT2D eigenvalue weighted by Gasteiger charge is 2.05. The third-order valence-electron chi connectivity index (χ3n) is 3.49. The van der Waals surface area contributed by atoms with Gasteiger partial charge in [-0.1, -0.05) is 36.4 Å². The molecule has 3 aromatic carbocycles. The molecule has 0 aliphatic heterocycles. The first-order valence-electron chi connectivity index (χ1n) is 6.53. The van der Waals surface area contributed by atoms with Gasteiger partial charge in [0.25, 0.3) is 0 Å². The third-order valence-corrected chi connectivity index (χ3v) is 3.49. The molecule has 0 aliphatic rings. The molecule has 2 nitrogen and oxygen atoms in total. The number of ether oxygens (including phenoxy) is 2. The van der Waals surface area contributed by atoms with E-state index in [1.54, 1.807) is 14.2 Å². The second kappa shape index (κ2) is 5.25. The van der Waals surface area contributed by atoms with Gasteiger partial charge in [-0.25, -0.2) is 0 Å². The minimum Gasteiger partial charge on any atom is -0.497 e. The predicted molar refractivity (Wildman–Crippen MR) is 82.5 cm³/mol. The van der Waals surface area contributed by atoms with Gasteiger partial charge in [-0.3, -0.25) is 0 Å². The van der Waals surface area contributed by atoms with E-state index in [4.69, 9.17) is 9.47 Å². The van der Waals surface area contributed by atoms with Gasteiger partial charge in [0.15, 0.2) is 0 Å². The maximum Gasteiger partial charge on any atom is 0.119 e. The van der Waals surface area contributed by atoms with Crippen molar-refractivity contribution in [2.45, 2.75) is 0 Å². The number of methoxy groups -OCH3 is 2. The van der Waals surface area contributed by atoms with E-state index in [0.717, 1.165) is 11.5 Å². The molecule has 3 aromatic rings. The maximum absolute atomic E-state index is 5.28. The minimum absolute atomic E-state index is 0.871. The molecule has 0 fully saturated rings. The number of fused-ring (bicyclic) bond motifs is 1. The minimum atomic E-state index is 0.871. The van der Waals surface area contributed by atoms with E-state index in [-0.39, 0.29) is 0 Å². The first kappa shape index (κ1) is 12.5. The summed E-state index contributed by atoms with van der Waals surface area (Å²) in [7, 11) is 3.37. The molecule has 0 saturated heterocycles. The number of rotatable bonds is 3. The number of benzene rings is 3. The van der Waals surface area contributed by atoms with E-state index in [1.165, 1.54) is 21.9 Å². The van der Waals surface area contributed by atoms with E-state index in [1.807, 2.05) is 18.2 Å². The second-order valence-electron chi connectivity index (χ2n) is 4.62. The van der Waals surface area contributed by atoms with Crippen molar-refractivity contribution < 1.29 is 9.47 Å². The van der Waals surface area contributed by atoms with Gasteiger partial charge in [0, 0.05) is 0 Å². The van der Waals surface area contributed by atoms with Gasteiger partial charge in [0.05, 0.1) is 14.2 Å². The van der Waals surface area contributed by atoms with Gasteiger partial charge in [-0.05, 0) is 46.2 Å². The van der Waals surface area contributed by atoms with Crippen LogP contribution in [0.15, 0.2) is 60.7 Å². The first-order valence-corrected chi connectivity index (χ1v) is 6.53. The van der Waals surface area contributed by atoms with E-state index in [0.29, 0.717) is 0 Å². The Morgan fingerprint density at radius 3 is 2.10 bits per heavy atom. The summed E-state index contributed by atoms with van der Waals surface area (Å²) in [5, 5.41) is 2.40. The quantitative estimate of drug-likeness (QED) is 0.692. The Bertz CT molecular complexity index is 730. The van der Waals surface area contributed by atoms with E-state index in [9.17, 15) is 0 Å². The van der Waals surface area contributed by atoms with Crippen LogP contribution in [-0.4, -0.2) is 14.2 Å². The van der Waals surface area contributed by atoms with Crippen LogP contribution >= 0.6 is 0 Å². The highest BCUT2D eigenvalue weighted by Crippen LogP contribution is 2.31. The van der Waals surface area contributed by atoms with Gasteiger partial charge < -0.3 is 9.47 Å². The fourth-order valence-electron chi connectivity index (χ4n) is 2.41. The van der Waals surface area contributed by atoms with Crippen molar-refractivity contribution in [1.29, 1.82) is 0 Å². The van der Waals surface area contributed by atoms with Gasteiger partial charge in [-0.2, -0.15) is 0 Å². The molecule has 0 amide bonds. The van der Waals surface area contributed by atoms with E-state index < -0.39 is 0 Å². The molecule has 0 heterocycles. The van der Waals surface area contributed by atoms with Crippen molar-refractivity contribution in [3.8, 4) is 22.6 Å². The van der Waals surface area contributed by atoms with Crippen molar-refractivity contribution in [3.05, 3.63) is 60.7 Å². The summed E-state index contributed by atoms with van der Waals surface area (Å²) in [6.45, 7) is 0. The van der Waals surface area contributed by atoms with Gasteiger partial charge >= 0.3 is 0 Å². The topological polar surface area (TPSA) is 18.5 Å². The zero-order valence-corrected chi connectivity index (χ0v) is 11.6. The van der Waals surface area contributed by atoms with Crippen LogP contribution in [0.1, 0.15) is 0 Å². The smallest absolute Gasteiger partial charge is 0.119 e. The number of hydrogen-bond acceptors (Lipinski definition) is 2. The molecule has 0 N–H and O–H groups in total. The lowest BCUT2D eigenvalue weighted by atomic mass is 9.98. The van der Waals surface area contributed by atoms with Crippen LogP contribution in [0, 0.1) is 0 Å². The van der Waals surface area contributed by atoms with Gasteiger partial charge in [-0.15, -0.1) is 0 Å². The number of hydrogen-bond donors (Lipinski definition) is 0. The highest BCUT2D eigenvalue weighted by molar-refractivity contribution is 5.97. The molecule has 0 atom stereocenters. The van der Waals surface area contributed by atoms with Crippen molar-refractivity contribution in [2.75, 3.05) is 14.2 Å². The first-order chi connectivity index (χ1) is 9.81. The second-order valence-corrected chi connectivity index (χ2v) is 4.62.